The van der Waals surface area contributed by atoms with Crippen LogP contribution in [-0.2, 0) is 0 Å². The average molecular weight is 261 g/mol. The van der Waals surface area contributed by atoms with Crippen LogP contribution in [0.2, 0.25) is 0 Å². The normalized spacial score (nSPS) is 12.4. The maximum absolute atomic E-state index is 3.59. The highest BCUT2D eigenvalue weighted by Gasteiger charge is 2.09. The molecular weight excluding hydrogens is 248 g/mol. The molecule has 0 saturated heterocycles. The zero-order chi connectivity index (χ0) is 10.7. The van der Waals surface area contributed by atoms with Crippen molar-refractivity contribution in [2.75, 3.05) is 0 Å². The predicted octanol–water partition coefficient (Wildman–Crippen LogP) is 4.60. The van der Waals surface area contributed by atoms with Crippen LogP contribution in [0.25, 0.3) is 0 Å². The highest BCUT2D eigenvalue weighted by atomic mass is 79.9. The second-order valence-corrected chi connectivity index (χ2v) is 4.51. The van der Waals surface area contributed by atoms with Gasteiger partial charge in [0.1, 0.15) is 0 Å². The molecule has 2 rings (SSSR count). The van der Waals surface area contributed by atoms with Gasteiger partial charge in [0.15, 0.2) is 0 Å². The summed E-state index contributed by atoms with van der Waals surface area (Å²) in [5, 5.41) is 0. The summed E-state index contributed by atoms with van der Waals surface area (Å²) in [6.45, 7) is 2.23. The Bertz CT molecular complexity index is 434. The van der Waals surface area contributed by atoms with Gasteiger partial charge in [0.25, 0.3) is 0 Å². The lowest BCUT2D eigenvalue weighted by Gasteiger charge is -2.13. The van der Waals surface area contributed by atoms with Crippen molar-refractivity contribution in [2.45, 2.75) is 12.8 Å². The van der Waals surface area contributed by atoms with Crippen LogP contribution in [0.15, 0.2) is 59.1 Å². The van der Waals surface area contributed by atoms with E-state index in [-0.39, 0.29) is 0 Å². The zero-order valence-corrected chi connectivity index (χ0v) is 10.2. The molecule has 0 N–H and O–H groups in total. The first-order valence-electron chi connectivity index (χ1n) is 5.08. The van der Waals surface area contributed by atoms with Crippen molar-refractivity contribution in [3.63, 3.8) is 0 Å². The Morgan fingerprint density at radius 1 is 0.867 bits per heavy atom. The lowest BCUT2D eigenvalue weighted by Crippen LogP contribution is -1.96. The van der Waals surface area contributed by atoms with Crippen molar-refractivity contribution in [1.29, 1.82) is 0 Å². The number of hydrogen-bond acceptors (Lipinski definition) is 0. The van der Waals surface area contributed by atoms with E-state index in [9.17, 15) is 0 Å². The molecule has 1 heteroatoms. The van der Waals surface area contributed by atoms with Crippen LogP contribution in [0.1, 0.15) is 24.0 Å². The number of hydrogen-bond donors (Lipinski definition) is 0. The molecule has 0 fully saturated rings. The summed E-state index contributed by atoms with van der Waals surface area (Å²) in [4.78, 5) is 0. The number of halogens is 1. The van der Waals surface area contributed by atoms with E-state index in [1.54, 1.807) is 0 Å². The molecule has 0 amide bonds. The Balaban J connectivity index is 2.37. The highest BCUT2D eigenvalue weighted by Crippen LogP contribution is 2.29. The molecule has 0 saturated carbocycles. The van der Waals surface area contributed by atoms with E-state index in [0.29, 0.717) is 5.92 Å². The van der Waals surface area contributed by atoms with Gasteiger partial charge in [0.2, 0.25) is 0 Å². The first-order valence-corrected chi connectivity index (χ1v) is 5.87. The van der Waals surface area contributed by atoms with Crippen LogP contribution in [0.5, 0.6) is 0 Å². The van der Waals surface area contributed by atoms with Crippen LogP contribution in [0.3, 0.4) is 0 Å². The number of benzene rings is 2. The molecule has 2 aromatic carbocycles. The predicted molar refractivity (Wildman–Crippen MR) is 68.1 cm³/mol. The molecule has 76 valence electrons. The van der Waals surface area contributed by atoms with Crippen molar-refractivity contribution in [3.8, 4) is 0 Å². The third-order valence-electron chi connectivity index (χ3n) is 2.67. The second kappa shape index (κ2) is 4.63. The minimum absolute atomic E-state index is 0.432. The van der Waals surface area contributed by atoms with E-state index in [0.717, 1.165) is 0 Å². The minimum Gasteiger partial charge on any atom is -0.0622 e. The lowest BCUT2D eigenvalue weighted by molar-refractivity contribution is 0.916. The van der Waals surface area contributed by atoms with Gasteiger partial charge in [-0.25, -0.2) is 0 Å². The quantitative estimate of drug-likeness (QED) is 0.741. The van der Waals surface area contributed by atoms with Gasteiger partial charge in [-0.2, -0.15) is 0 Å². The maximum atomic E-state index is 3.59. The first kappa shape index (κ1) is 10.4. The summed E-state index contributed by atoms with van der Waals surface area (Å²) < 4.78 is 1.18. The standard InChI is InChI=1S/C14H13Br/c1-11(12-7-3-2-4-8-12)13-9-5-6-10-14(13)15/h2-11H,1H3/t11-/m0/s1. The molecule has 0 unspecified atom stereocenters. The fraction of sp³-hybridized carbons (Fsp3) is 0.143. The van der Waals surface area contributed by atoms with E-state index >= 15 is 0 Å². The molecule has 0 nitrogen and oxygen atoms in total. The molecule has 2 aromatic rings. The fourth-order valence-corrected chi connectivity index (χ4v) is 2.38. The molecule has 0 bridgehead atoms. The molecule has 1 atom stereocenters. The van der Waals surface area contributed by atoms with E-state index < -0.39 is 0 Å². The van der Waals surface area contributed by atoms with Crippen molar-refractivity contribution < 1.29 is 0 Å². The lowest BCUT2D eigenvalue weighted by atomic mass is 9.93. The Morgan fingerprint density at radius 2 is 1.47 bits per heavy atom. The van der Waals surface area contributed by atoms with Gasteiger partial charge in [0.05, 0.1) is 0 Å². The SMILES string of the molecule is C[C@@H](c1ccccc1)c1ccccc1Br. The molecule has 0 aliphatic carbocycles. The molecule has 0 aliphatic heterocycles. The van der Waals surface area contributed by atoms with E-state index in [1.807, 2.05) is 6.07 Å². The van der Waals surface area contributed by atoms with Crippen molar-refractivity contribution in [3.05, 3.63) is 70.2 Å². The van der Waals surface area contributed by atoms with Gasteiger partial charge in [-0.05, 0) is 17.2 Å². The van der Waals surface area contributed by atoms with E-state index in [2.05, 4.69) is 71.4 Å². The molecule has 0 radical (unpaired) electrons. The third-order valence-corrected chi connectivity index (χ3v) is 3.39. The van der Waals surface area contributed by atoms with Crippen LogP contribution >= 0.6 is 15.9 Å². The summed E-state index contributed by atoms with van der Waals surface area (Å²) in [5.74, 6) is 0.432. The summed E-state index contributed by atoms with van der Waals surface area (Å²) in [5.41, 5.74) is 2.69. The minimum atomic E-state index is 0.432. The van der Waals surface area contributed by atoms with Crippen LogP contribution in [0, 0.1) is 0 Å². The van der Waals surface area contributed by atoms with Gasteiger partial charge >= 0.3 is 0 Å². The molecule has 0 aliphatic rings. The second-order valence-electron chi connectivity index (χ2n) is 3.65. The maximum Gasteiger partial charge on any atom is 0.0213 e. The van der Waals surface area contributed by atoms with Crippen molar-refractivity contribution >= 4 is 15.9 Å². The highest BCUT2D eigenvalue weighted by molar-refractivity contribution is 9.10. The van der Waals surface area contributed by atoms with E-state index in [1.165, 1.54) is 15.6 Å². The van der Waals surface area contributed by atoms with Crippen molar-refractivity contribution in [1.82, 2.24) is 0 Å². The first-order chi connectivity index (χ1) is 7.29. The average Bonchev–Trinajstić information content (AvgIpc) is 2.30. The Kier molecular flexibility index (Phi) is 3.22. The number of rotatable bonds is 2. The summed E-state index contributed by atoms with van der Waals surface area (Å²) in [6, 6.07) is 19.0. The Hall–Kier alpha value is -1.08. The van der Waals surface area contributed by atoms with Gasteiger partial charge in [-0.1, -0.05) is 71.4 Å². The molecule has 0 aromatic heterocycles. The van der Waals surface area contributed by atoms with Crippen LogP contribution < -0.4 is 0 Å². The van der Waals surface area contributed by atoms with Gasteiger partial charge in [-0.15, -0.1) is 0 Å². The summed E-state index contributed by atoms with van der Waals surface area (Å²) in [7, 11) is 0. The largest absolute Gasteiger partial charge is 0.0622 e. The van der Waals surface area contributed by atoms with E-state index in [4.69, 9.17) is 0 Å². The molecule has 0 spiro atoms. The van der Waals surface area contributed by atoms with Crippen LogP contribution in [0.4, 0.5) is 0 Å². The summed E-state index contributed by atoms with van der Waals surface area (Å²) >= 11 is 3.59. The van der Waals surface area contributed by atoms with Crippen molar-refractivity contribution in [2.24, 2.45) is 0 Å². The van der Waals surface area contributed by atoms with Gasteiger partial charge < -0.3 is 0 Å². The summed E-state index contributed by atoms with van der Waals surface area (Å²) in [6.07, 6.45) is 0. The topological polar surface area (TPSA) is 0 Å². The Morgan fingerprint density at radius 3 is 2.13 bits per heavy atom. The zero-order valence-electron chi connectivity index (χ0n) is 8.65. The molecule has 15 heavy (non-hydrogen) atoms. The van der Waals surface area contributed by atoms with Gasteiger partial charge in [-0.3, -0.25) is 0 Å². The Labute approximate surface area is 99.1 Å². The molecule has 0 heterocycles. The van der Waals surface area contributed by atoms with Gasteiger partial charge in [0, 0.05) is 10.4 Å². The smallest absolute Gasteiger partial charge is 0.0213 e. The third kappa shape index (κ3) is 2.29. The monoisotopic (exact) mass is 260 g/mol. The fourth-order valence-electron chi connectivity index (χ4n) is 1.75. The molecular formula is C14H13Br. The van der Waals surface area contributed by atoms with Crippen LogP contribution in [-0.4, -0.2) is 0 Å².